The minimum atomic E-state index is 0.432. The van der Waals surface area contributed by atoms with Crippen LogP contribution in [0, 0.1) is 5.92 Å². The van der Waals surface area contributed by atoms with Crippen molar-refractivity contribution in [3.05, 3.63) is 23.7 Å². The van der Waals surface area contributed by atoms with Gasteiger partial charge in [-0.15, -0.1) is 0 Å². The highest BCUT2D eigenvalue weighted by Gasteiger charge is 2.21. The van der Waals surface area contributed by atoms with Gasteiger partial charge in [-0.2, -0.15) is 0 Å². The molecule has 0 aromatic carbocycles. The van der Waals surface area contributed by atoms with Gasteiger partial charge < -0.3 is 14.5 Å². The van der Waals surface area contributed by atoms with Gasteiger partial charge in [0.15, 0.2) is 0 Å². The molecule has 1 aromatic rings. The first-order chi connectivity index (χ1) is 8.81. The van der Waals surface area contributed by atoms with E-state index in [0.717, 1.165) is 24.0 Å². The topological polar surface area (TPSA) is 34.4 Å². The lowest BCUT2D eigenvalue weighted by Gasteiger charge is -2.28. The standard InChI is InChI=1S/C15H25NO2/c1-3-12-5-4-6-13(9-12)17-11-15-8-7-14(18-15)10-16-2/h7-8,12-13,16H,3-6,9-11H2,1-2H3. The van der Waals surface area contributed by atoms with E-state index in [2.05, 4.69) is 12.2 Å². The van der Waals surface area contributed by atoms with Gasteiger partial charge in [-0.25, -0.2) is 0 Å². The summed E-state index contributed by atoms with van der Waals surface area (Å²) in [6, 6.07) is 4.04. The van der Waals surface area contributed by atoms with E-state index < -0.39 is 0 Å². The van der Waals surface area contributed by atoms with E-state index in [1.807, 2.05) is 19.2 Å². The second kappa shape index (κ2) is 6.95. The van der Waals surface area contributed by atoms with Crippen molar-refractivity contribution in [3.63, 3.8) is 0 Å². The highest BCUT2D eigenvalue weighted by molar-refractivity contribution is 5.06. The van der Waals surface area contributed by atoms with Crippen molar-refractivity contribution in [2.45, 2.75) is 58.3 Å². The van der Waals surface area contributed by atoms with Crippen molar-refractivity contribution in [1.82, 2.24) is 5.32 Å². The van der Waals surface area contributed by atoms with E-state index in [9.17, 15) is 0 Å². The summed E-state index contributed by atoms with van der Waals surface area (Å²) in [6.07, 6.45) is 6.84. The Bertz CT molecular complexity index is 348. The average Bonchev–Trinajstić information content (AvgIpc) is 2.85. The SMILES string of the molecule is CCC1CCCC(OCc2ccc(CNC)o2)C1. The molecule has 3 heteroatoms. The van der Waals surface area contributed by atoms with Crippen LogP contribution in [-0.4, -0.2) is 13.2 Å². The van der Waals surface area contributed by atoms with Crippen LogP contribution in [0.3, 0.4) is 0 Å². The molecule has 1 fully saturated rings. The van der Waals surface area contributed by atoms with E-state index in [4.69, 9.17) is 9.15 Å². The quantitative estimate of drug-likeness (QED) is 0.840. The van der Waals surface area contributed by atoms with Crippen LogP contribution < -0.4 is 5.32 Å². The lowest BCUT2D eigenvalue weighted by atomic mass is 9.85. The molecule has 1 N–H and O–H groups in total. The second-order valence-corrected chi connectivity index (χ2v) is 5.27. The molecule has 0 spiro atoms. The number of hydrogen-bond donors (Lipinski definition) is 1. The van der Waals surface area contributed by atoms with Crippen molar-refractivity contribution < 1.29 is 9.15 Å². The number of rotatable bonds is 6. The Morgan fingerprint density at radius 3 is 2.94 bits per heavy atom. The highest BCUT2D eigenvalue weighted by atomic mass is 16.5. The fourth-order valence-electron chi connectivity index (χ4n) is 2.73. The minimum Gasteiger partial charge on any atom is -0.462 e. The summed E-state index contributed by atoms with van der Waals surface area (Å²) in [5.41, 5.74) is 0. The van der Waals surface area contributed by atoms with Gasteiger partial charge in [0.05, 0.1) is 12.6 Å². The van der Waals surface area contributed by atoms with E-state index >= 15 is 0 Å². The summed E-state index contributed by atoms with van der Waals surface area (Å²) < 4.78 is 11.7. The molecule has 3 nitrogen and oxygen atoms in total. The molecule has 0 amide bonds. The molecular formula is C15H25NO2. The Morgan fingerprint density at radius 2 is 2.17 bits per heavy atom. The predicted octanol–water partition coefficient (Wildman–Crippen LogP) is 3.48. The first kappa shape index (κ1) is 13.6. The van der Waals surface area contributed by atoms with Crippen LogP contribution in [0.25, 0.3) is 0 Å². The lowest BCUT2D eigenvalue weighted by Crippen LogP contribution is -2.22. The van der Waals surface area contributed by atoms with E-state index in [-0.39, 0.29) is 0 Å². The largest absolute Gasteiger partial charge is 0.462 e. The maximum absolute atomic E-state index is 5.98. The zero-order valence-corrected chi connectivity index (χ0v) is 11.6. The van der Waals surface area contributed by atoms with Crippen LogP contribution in [0.15, 0.2) is 16.5 Å². The summed E-state index contributed by atoms with van der Waals surface area (Å²) in [6.45, 7) is 3.68. The maximum Gasteiger partial charge on any atom is 0.129 e. The third kappa shape index (κ3) is 3.85. The molecule has 1 aromatic heterocycles. The third-order valence-corrected chi connectivity index (χ3v) is 3.84. The van der Waals surface area contributed by atoms with Gasteiger partial charge in [0, 0.05) is 0 Å². The molecule has 2 atom stereocenters. The van der Waals surface area contributed by atoms with Crippen molar-refractivity contribution >= 4 is 0 Å². The Labute approximate surface area is 110 Å². The number of furan rings is 1. The Balaban J connectivity index is 1.76. The third-order valence-electron chi connectivity index (χ3n) is 3.84. The van der Waals surface area contributed by atoms with Crippen molar-refractivity contribution in [2.75, 3.05) is 7.05 Å². The van der Waals surface area contributed by atoms with Crippen LogP contribution in [0.1, 0.15) is 50.5 Å². The van der Waals surface area contributed by atoms with Crippen LogP contribution in [-0.2, 0) is 17.9 Å². The zero-order chi connectivity index (χ0) is 12.8. The molecule has 0 saturated heterocycles. The molecule has 1 saturated carbocycles. The first-order valence-electron chi connectivity index (χ1n) is 7.15. The normalized spacial score (nSPS) is 24.3. The van der Waals surface area contributed by atoms with Crippen molar-refractivity contribution in [1.29, 1.82) is 0 Å². The van der Waals surface area contributed by atoms with Crippen molar-refractivity contribution in [3.8, 4) is 0 Å². The second-order valence-electron chi connectivity index (χ2n) is 5.27. The summed E-state index contributed by atoms with van der Waals surface area (Å²) in [4.78, 5) is 0. The van der Waals surface area contributed by atoms with Gasteiger partial charge in [0.1, 0.15) is 18.1 Å². The molecule has 1 aliphatic carbocycles. The van der Waals surface area contributed by atoms with Gasteiger partial charge in [0.2, 0.25) is 0 Å². The lowest BCUT2D eigenvalue weighted by molar-refractivity contribution is -0.00567. The molecule has 0 aliphatic heterocycles. The fraction of sp³-hybridized carbons (Fsp3) is 0.733. The van der Waals surface area contributed by atoms with Crippen molar-refractivity contribution in [2.24, 2.45) is 5.92 Å². The molecule has 102 valence electrons. The number of nitrogens with one attached hydrogen (secondary N) is 1. The van der Waals surface area contributed by atoms with Crippen LogP contribution in [0.2, 0.25) is 0 Å². The van der Waals surface area contributed by atoms with Gasteiger partial charge in [-0.3, -0.25) is 0 Å². The molecule has 2 rings (SSSR count). The molecule has 2 unspecified atom stereocenters. The van der Waals surface area contributed by atoms with Gasteiger partial charge in [-0.1, -0.05) is 26.2 Å². The van der Waals surface area contributed by atoms with Crippen LogP contribution in [0.5, 0.6) is 0 Å². The molecule has 1 aliphatic rings. The molecule has 0 bridgehead atoms. The summed E-state index contributed by atoms with van der Waals surface area (Å²) in [7, 11) is 1.92. The molecule has 1 heterocycles. The number of ether oxygens (including phenoxy) is 1. The minimum absolute atomic E-state index is 0.432. The highest BCUT2D eigenvalue weighted by Crippen LogP contribution is 2.29. The van der Waals surface area contributed by atoms with E-state index in [1.54, 1.807) is 0 Å². The van der Waals surface area contributed by atoms with E-state index in [1.165, 1.54) is 32.1 Å². The monoisotopic (exact) mass is 251 g/mol. The predicted molar refractivity (Wildman–Crippen MR) is 72.3 cm³/mol. The Hall–Kier alpha value is -0.800. The zero-order valence-electron chi connectivity index (χ0n) is 11.6. The summed E-state index contributed by atoms with van der Waals surface area (Å²) in [5.74, 6) is 2.78. The first-order valence-corrected chi connectivity index (χ1v) is 7.15. The Morgan fingerprint density at radius 1 is 1.33 bits per heavy atom. The maximum atomic E-state index is 5.98. The van der Waals surface area contributed by atoms with Crippen LogP contribution in [0.4, 0.5) is 0 Å². The van der Waals surface area contributed by atoms with Gasteiger partial charge in [0.25, 0.3) is 0 Å². The molecular weight excluding hydrogens is 226 g/mol. The number of hydrogen-bond acceptors (Lipinski definition) is 3. The van der Waals surface area contributed by atoms with E-state index in [0.29, 0.717) is 12.7 Å². The Kier molecular flexibility index (Phi) is 5.26. The average molecular weight is 251 g/mol. The smallest absolute Gasteiger partial charge is 0.129 e. The summed E-state index contributed by atoms with van der Waals surface area (Å²) >= 11 is 0. The fourth-order valence-corrected chi connectivity index (χ4v) is 2.73. The summed E-state index contributed by atoms with van der Waals surface area (Å²) in [5, 5.41) is 3.08. The van der Waals surface area contributed by atoms with Crippen LogP contribution >= 0.6 is 0 Å². The molecule has 18 heavy (non-hydrogen) atoms. The van der Waals surface area contributed by atoms with Gasteiger partial charge >= 0.3 is 0 Å². The molecule has 0 radical (unpaired) electrons. The van der Waals surface area contributed by atoms with Gasteiger partial charge in [-0.05, 0) is 37.9 Å².